The van der Waals surface area contributed by atoms with Crippen LogP contribution in [0.1, 0.15) is 43.4 Å². The highest BCUT2D eigenvalue weighted by Crippen LogP contribution is 2.16. The number of nitrogens with one attached hydrogen (secondary N) is 2. The predicted molar refractivity (Wildman–Crippen MR) is 130 cm³/mol. The number of anilines is 1. The molecule has 2 N–H and O–H groups in total. The molecule has 1 saturated heterocycles. The molecule has 1 aliphatic rings. The van der Waals surface area contributed by atoms with Gasteiger partial charge < -0.3 is 24.8 Å². The number of aryl methyl sites for hydroxylation is 2. The molecule has 0 bridgehead atoms. The predicted octanol–water partition coefficient (Wildman–Crippen LogP) is 2.90. The summed E-state index contributed by atoms with van der Waals surface area (Å²) in [6, 6.07) is 4.18. The minimum absolute atomic E-state index is 0. The average molecular weight is 528 g/mol. The molecule has 0 spiro atoms. The van der Waals surface area contributed by atoms with E-state index in [4.69, 9.17) is 9.26 Å². The third kappa shape index (κ3) is 6.31. The molecule has 1 fully saturated rings. The Labute approximate surface area is 195 Å². The lowest BCUT2D eigenvalue weighted by atomic mass is 10.1. The zero-order valence-electron chi connectivity index (χ0n) is 18.3. The number of ether oxygens (including phenoxy) is 1. The van der Waals surface area contributed by atoms with Gasteiger partial charge in [-0.05, 0) is 25.0 Å². The normalized spacial score (nSPS) is 16.9. The van der Waals surface area contributed by atoms with E-state index in [0.29, 0.717) is 13.1 Å². The second kappa shape index (κ2) is 12.1. The third-order valence-corrected chi connectivity index (χ3v) is 5.10. The fraction of sp³-hybridized carbons (Fsp3) is 0.571. The molecule has 2 aromatic rings. The fourth-order valence-electron chi connectivity index (χ4n) is 3.45. The number of guanidine groups is 1. The van der Waals surface area contributed by atoms with Crippen LogP contribution < -0.4 is 15.5 Å². The summed E-state index contributed by atoms with van der Waals surface area (Å²) in [6.45, 7) is 10.1. The molecular formula is C21H33IN6O2. The highest BCUT2D eigenvalue weighted by molar-refractivity contribution is 14.0. The minimum Gasteiger partial charge on any atom is -0.375 e. The average Bonchev–Trinajstić information content (AvgIpc) is 3.16. The number of rotatable bonds is 7. The van der Waals surface area contributed by atoms with Gasteiger partial charge in [-0.1, -0.05) is 25.1 Å². The number of hydrogen-bond acceptors (Lipinski definition) is 6. The van der Waals surface area contributed by atoms with Crippen molar-refractivity contribution in [3.8, 4) is 0 Å². The molecule has 0 aliphatic carbocycles. The molecule has 8 nitrogen and oxygen atoms in total. The van der Waals surface area contributed by atoms with Crippen LogP contribution in [0.25, 0.3) is 0 Å². The highest BCUT2D eigenvalue weighted by atomic mass is 127. The van der Waals surface area contributed by atoms with Crippen LogP contribution in [0, 0.1) is 0 Å². The first kappa shape index (κ1) is 24.4. The minimum atomic E-state index is 0. The van der Waals surface area contributed by atoms with Gasteiger partial charge in [0, 0.05) is 51.4 Å². The Morgan fingerprint density at radius 1 is 1.23 bits per heavy atom. The summed E-state index contributed by atoms with van der Waals surface area (Å²) in [4.78, 5) is 11.2. The van der Waals surface area contributed by atoms with Crippen molar-refractivity contribution in [3.05, 3.63) is 40.9 Å². The summed E-state index contributed by atoms with van der Waals surface area (Å²) >= 11 is 0. The molecule has 1 unspecified atom stereocenters. The van der Waals surface area contributed by atoms with Crippen LogP contribution in [0.5, 0.6) is 0 Å². The molecule has 0 saturated carbocycles. The van der Waals surface area contributed by atoms with Gasteiger partial charge in [0.15, 0.2) is 5.96 Å². The Bertz CT molecular complexity index is 787. The number of aromatic nitrogens is 2. The number of morpholine rings is 1. The lowest BCUT2D eigenvalue weighted by Gasteiger charge is -2.32. The van der Waals surface area contributed by atoms with Crippen molar-refractivity contribution in [3.63, 3.8) is 0 Å². The maximum Gasteiger partial charge on any atom is 0.191 e. The molecular weight excluding hydrogens is 495 g/mol. The maximum atomic E-state index is 5.60. The molecule has 9 heteroatoms. The van der Waals surface area contributed by atoms with Crippen LogP contribution in [0.2, 0.25) is 0 Å². The van der Waals surface area contributed by atoms with Gasteiger partial charge in [-0.2, -0.15) is 0 Å². The molecule has 3 rings (SSSR count). The van der Waals surface area contributed by atoms with Gasteiger partial charge in [0.25, 0.3) is 0 Å². The first-order valence-corrected chi connectivity index (χ1v) is 10.4. The van der Waals surface area contributed by atoms with E-state index >= 15 is 0 Å². The Hall–Kier alpha value is -1.88. The summed E-state index contributed by atoms with van der Waals surface area (Å²) in [7, 11) is 1.77. The standard InChI is InChI=1S/C21H32N6O2.HI/c1-5-18-17(19(6-2)29-26-18)13-25-21(22-4)24-12-16-7-8-20(23-11-16)27-9-10-28-15(3)14-27;/h7-8,11,15H,5-6,9-10,12-14H2,1-4H3,(H2,22,24,25);1H. The number of aliphatic imine (C=N–C) groups is 1. The molecule has 1 aliphatic heterocycles. The van der Waals surface area contributed by atoms with Gasteiger partial charge in [0.1, 0.15) is 11.6 Å². The van der Waals surface area contributed by atoms with E-state index in [9.17, 15) is 0 Å². The van der Waals surface area contributed by atoms with E-state index < -0.39 is 0 Å². The second-order valence-electron chi connectivity index (χ2n) is 7.17. The van der Waals surface area contributed by atoms with E-state index in [-0.39, 0.29) is 30.1 Å². The van der Waals surface area contributed by atoms with Gasteiger partial charge in [-0.3, -0.25) is 4.99 Å². The van der Waals surface area contributed by atoms with Crippen molar-refractivity contribution in [2.45, 2.75) is 52.8 Å². The molecule has 1 atom stereocenters. The van der Waals surface area contributed by atoms with Crippen molar-refractivity contribution in [1.29, 1.82) is 0 Å². The molecule has 166 valence electrons. The summed E-state index contributed by atoms with van der Waals surface area (Å²) in [6.07, 6.45) is 3.84. The third-order valence-electron chi connectivity index (χ3n) is 5.10. The Balaban J connectivity index is 0.00000320. The van der Waals surface area contributed by atoms with Crippen LogP contribution in [-0.2, 0) is 30.7 Å². The second-order valence-corrected chi connectivity index (χ2v) is 7.17. The summed E-state index contributed by atoms with van der Waals surface area (Å²) < 4.78 is 11.0. The monoisotopic (exact) mass is 528 g/mol. The van der Waals surface area contributed by atoms with Crippen LogP contribution in [-0.4, -0.2) is 48.9 Å². The van der Waals surface area contributed by atoms with Gasteiger partial charge in [-0.25, -0.2) is 4.98 Å². The van der Waals surface area contributed by atoms with Crippen molar-refractivity contribution in [1.82, 2.24) is 20.8 Å². The van der Waals surface area contributed by atoms with Gasteiger partial charge in [0.05, 0.1) is 18.4 Å². The Morgan fingerprint density at radius 2 is 2.03 bits per heavy atom. The molecule has 3 heterocycles. The van der Waals surface area contributed by atoms with Crippen molar-refractivity contribution >= 4 is 35.8 Å². The summed E-state index contributed by atoms with van der Waals surface area (Å²) in [5.74, 6) is 2.67. The van der Waals surface area contributed by atoms with Gasteiger partial charge in [-0.15, -0.1) is 24.0 Å². The van der Waals surface area contributed by atoms with E-state index in [0.717, 1.165) is 66.9 Å². The Kier molecular flexibility index (Phi) is 9.83. The van der Waals surface area contributed by atoms with Crippen LogP contribution in [0.15, 0.2) is 27.8 Å². The van der Waals surface area contributed by atoms with E-state index in [1.165, 1.54) is 0 Å². The molecule has 0 amide bonds. The molecule has 0 aromatic carbocycles. The van der Waals surface area contributed by atoms with E-state index in [2.05, 4.69) is 63.6 Å². The van der Waals surface area contributed by atoms with Gasteiger partial charge in [0.2, 0.25) is 0 Å². The lowest BCUT2D eigenvalue weighted by Crippen LogP contribution is -2.41. The van der Waals surface area contributed by atoms with Gasteiger partial charge >= 0.3 is 0 Å². The fourth-order valence-corrected chi connectivity index (χ4v) is 3.45. The zero-order valence-corrected chi connectivity index (χ0v) is 20.6. The van der Waals surface area contributed by atoms with Crippen molar-refractivity contribution in [2.75, 3.05) is 31.6 Å². The SMILES string of the molecule is CCc1noc(CC)c1CNC(=NC)NCc1ccc(N2CCOC(C)C2)nc1.I. The van der Waals surface area contributed by atoms with Crippen LogP contribution in [0.3, 0.4) is 0 Å². The number of nitrogens with zero attached hydrogens (tertiary/aromatic N) is 4. The number of pyridine rings is 1. The molecule has 30 heavy (non-hydrogen) atoms. The number of halogens is 1. The van der Waals surface area contributed by atoms with Crippen LogP contribution in [0.4, 0.5) is 5.82 Å². The quantitative estimate of drug-likeness (QED) is 0.325. The smallest absolute Gasteiger partial charge is 0.191 e. The topological polar surface area (TPSA) is 87.8 Å². The molecule has 2 aromatic heterocycles. The maximum absolute atomic E-state index is 5.60. The summed E-state index contributed by atoms with van der Waals surface area (Å²) in [5.41, 5.74) is 3.23. The first-order valence-electron chi connectivity index (χ1n) is 10.4. The lowest BCUT2D eigenvalue weighted by molar-refractivity contribution is 0.0529. The Morgan fingerprint density at radius 3 is 2.67 bits per heavy atom. The highest BCUT2D eigenvalue weighted by Gasteiger charge is 2.18. The largest absolute Gasteiger partial charge is 0.375 e. The zero-order chi connectivity index (χ0) is 20.6. The van der Waals surface area contributed by atoms with Crippen LogP contribution >= 0.6 is 24.0 Å². The van der Waals surface area contributed by atoms with E-state index in [1.54, 1.807) is 7.05 Å². The summed E-state index contributed by atoms with van der Waals surface area (Å²) in [5, 5.41) is 10.9. The molecule has 0 radical (unpaired) electrons. The number of hydrogen-bond donors (Lipinski definition) is 2. The van der Waals surface area contributed by atoms with Crippen molar-refractivity contribution < 1.29 is 9.26 Å². The first-order chi connectivity index (χ1) is 14.1. The van der Waals surface area contributed by atoms with E-state index in [1.807, 2.05) is 6.20 Å². The van der Waals surface area contributed by atoms with Crippen molar-refractivity contribution in [2.24, 2.45) is 4.99 Å².